The smallest absolute Gasteiger partial charge is 0.224 e. The molecule has 1 atom stereocenters. The van der Waals surface area contributed by atoms with E-state index in [0.717, 1.165) is 17.5 Å². The third kappa shape index (κ3) is 4.09. The van der Waals surface area contributed by atoms with Crippen molar-refractivity contribution >= 4 is 11.6 Å². The fourth-order valence-electron chi connectivity index (χ4n) is 2.29. The fraction of sp³-hybridized carbons (Fsp3) is 0.278. The summed E-state index contributed by atoms with van der Waals surface area (Å²) in [6, 6.07) is 15.8. The van der Waals surface area contributed by atoms with Gasteiger partial charge in [-0.3, -0.25) is 4.79 Å². The molecule has 110 valence electrons. The maximum atomic E-state index is 12.1. The largest absolute Gasteiger partial charge is 0.398 e. The first-order valence-electron chi connectivity index (χ1n) is 7.31. The zero-order valence-corrected chi connectivity index (χ0v) is 12.6. The van der Waals surface area contributed by atoms with Crippen molar-refractivity contribution in [1.29, 1.82) is 0 Å². The first-order valence-corrected chi connectivity index (χ1v) is 7.31. The van der Waals surface area contributed by atoms with Gasteiger partial charge in [-0.2, -0.15) is 0 Å². The lowest BCUT2D eigenvalue weighted by molar-refractivity contribution is -0.121. The average Bonchev–Trinajstić information content (AvgIpc) is 2.49. The van der Waals surface area contributed by atoms with Gasteiger partial charge in [-0.15, -0.1) is 0 Å². The summed E-state index contributed by atoms with van der Waals surface area (Å²) in [6.45, 7) is 4.12. The molecule has 21 heavy (non-hydrogen) atoms. The van der Waals surface area contributed by atoms with Gasteiger partial charge in [-0.05, 0) is 36.1 Å². The molecule has 0 heterocycles. The number of aryl methyl sites for hydroxylation is 1. The van der Waals surface area contributed by atoms with Crippen LogP contribution in [-0.2, 0) is 17.6 Å². The van der Waals surface area contributed by atoms with E-state index in [0.29, 0.717) is 12.1 Å². The Morgan fingerprint density at radius 2 is 1.81 bits per heavy atom. The minimum absolute atomic E-state index is 0.00616. The van der Waals surface area contributed by atoms with Gasteiger partial charge >= 0.3 is 0 Å². The summed E-state index contributed by atoms with van der Waals surface area (Å²) in [6.07, 6.45) is 1.33. The van der Waals surface area contributed by atoms with Gasteiger partial charge in [0.15, 0.2) is 0 Å². The number of anilines is 1. The number of nitrogens with two attached hydrogens (primary N) is 1. The SMILES string of the molecule is CCc1ccc(C(C)NC(=O)Cc2ccccc2N)cc1. The zero-order valence-electron chi connectivity index (χ0n) is 12.6. The van der Waals surface area contributed by atoms with Gasteiger partial charge in [0, 0.05) is 5.69 Å². The molecule has 0 spiro atoms. The highest BCUT2D eigenvalue weighted by Gasteiger charge is 2.11. The number of hydrogen-bond donors (Lipinski definition) is 2. The number of carbonyl (C=O) groups excluding carboxylic acids is 1. The lowest BCUT2D eigenvalue weighted by Crippen LogP contribution is -2.28. The van der Waals surface area contributed by atoms with Crippen LogP contribution in [0.1, 0.15) is 36.6 Å². The van der Waals surface area contributed by atoms with Crippen molar-refractivity contribution < 1.29 is 4.79 Å². The normalized spacial score (nSPS) is 11.9. The maximum absolute atomic E-state index is 12.1. The van der Waals surface area contributed by atoms with Crippen molar-refractivity contribution in [2.24, 2.45) is 0 Å². The molecule has 0 aromatic heterocycles. The molecule has 0 radical (unpaired) electrons. The Morgan fingerprint density at radius 3 is 2.43 bits per heavy atom. The van der Waals surface area contributed by atoms with Gasteiger partial charge in [0.25, 0.3) is 0 Å². The Bertz CT molecular complexity index is 605. The third-order valence-corrected chi connectivity index (χ3v) is 3.67. The molecule has 0 saturated carbocycles. The van der Waals surface area contributed by atoms with Gasteiger partial charge in [-0.25, -0.2) is 0 Å². The average molecular weight is 282 g/mol. The molecule has 1 unspecified atom stereocenters. The van der Waals surface area contributed by atoms with E-state index in [1.807, 2.05) is 31.2 Å². The van der Waals surface area contributed by atoms with E-state index >= 15 is 0 Å². The van der Waals surface area contributed by atoms with Gasteiger partial charge in [0.1, 0.15) is 0 Å². The van der Waals surface area contributed by atoms with Crippen LogP contribution < -0.4 is 11.1 Å². The minimum atomic E-state index is -0.0139. The van der Waals surface area contributed by atoms with Crippen molar-refractivity contribution in [2.75, 3.05) is 5.73 Å². The number of amides is 1. The van der Waals surface area contributed by atoms with Crippen molar-refractivity contribution in [3.8, 4) is 0 Å². The minimum Gasteiger partial charge on any atom is -0.398 e. The second-order valence-electron chi connectivity index (χ2n) is 5.26. The highest BCUT2D eigenvalue weighted by Crippen LogP contribution is 2.15. The molecular weight excluding hydrogens is 260 g/mol. The molecule has 3 N–H and O–H groups in total. The number of benzene rings is 2. The third-order valence-electron chi connectivity index (χ3n) is 3.67. The van der Waals surface area contributed by atoms with Crippen LogP contribution in [0.4, 0.5) is 5.69 Å². The van der Waals surface area contributed by atoms with Crippen LogP contribution in [-0.4, -0.2) is 5.91 Å². The van der Waals surface area contributed by atoms with E-state index in [4.69, 9.17) is 5.73 Å². The Balaban J connectivity index is 1.97. The van der Waals surface area contributed by atoms with Crippen molar-refractivity contribution in [3.05, 3.63) is 65.2 Å². The molecule has 0 aliphatic heterocycles. The van der Waals surface area contributed by atoms with Crippen molar-refractivity contribution in [3.63, 3.8) is 0 Å². The monoisotopic (exact) mass is 282 g/mol. The molecule has 3 nitrogen and oxygen atoms in total. The second-order valence-corrected chi connectivity index (χ2v) is 5.26. The number of hydrogen-bond acceptors (Lipinski definition) is 2. The molecule has 2 aromatic carbocycles. The van der Waals surface area contributed by atoms with Crippen LogP contribution in [0, 0.1) is 0 Å². The van der Waals surface area contributed by atoms with E-state index in [1.54, 1.807) is 0 Å². The zero-order chi connectivity index (χ0) is 15.2. The second kappa shape index (κ2) is 6.93. The summed E-state index contributed by atoms with van der Waals surface area (Å²) in [5.74, 6) is -0.0139. The Labute approximate surface area is 126 Å². The summed E-state index contributed by atoms with van der Waals surface area (Å²) in [7, 11) is 0. The Morgan fingerprint density at radius 1 is 1.14 bits per heavy atom. The highest BCUT2D eigenvalue weighted by atomic mass is 16.1. The van der Waals surface area contributed by atoms with Crippen LogP contribution in [0.5, 0.6) is 0 Å². The fourth-order valence-corrected chi connectivity index (χ4v) is 2.29. The van der Waals surface area contributed by atoms with Gasteiger partial charge in [-0.1, -0.05) is 49.4 Å². The maximum Gasteiger partial charge on any atom is 0.224 e. The summed E-state index contributed by atoms with van der Waals surface area (Å²) < 4.78 is 0. The molecule has 0 aliphatic rings. The molecule has 3 heteroatoms. The lowest BCUT2D eigenvalue weighted by atomic mass is 10.0. The number of para-hydroxylation sites is 1. The van der Waals surface area contributed by atoms with E-state index in [1.165, 1.54) is 5.56 Å². The van der Waals surface area contributed by atoms with E-state index in [9.17, 15) is 4.79 Å². The lowest BCUT2D eigenvalue weighted by Gasteiger charge is -2.15. The van der Waals surface area contributed by atoms with Gasteiger partial charge in [0.05, 0.1) is 12.5 Å². The summed E-state index contributed by atoms with van der Waals surface area (Å²) >= 11 is 0. The van der Waals surface area contributed by atoms with Crippen LogP contribution >= 0.6 is 0 Å². The van der Waals surface area contributed by atoms with E-state index in [2.05, 4.69) is 36.5 Å². The molecule has 0 aliphatic carbocycles. The summed E-state index contributed by atoms with van der Waals surface area (Å²) in [5, 5.41) is 3.01. The predicted octanol–water partition coefficient (Wildman–Crippen LogP) is 3.25. The standard InChI is InChI=1S/C18H22N2O/c1-3-14-8-10-15(11-9-14)13(2)20-18(21)12-16-6-4-5-7-17(16)19/h4-11,13H,3,12,19H2,1-2H3,(H,20,21). The molecular formula is C18H22N2O. The predicted molar refractivity (Wildman–Crippen MR) is 86.9 cm³/mol. The van der Waals surface area contributed by atoms with Crippen molar-refractivity contribution in [2.45, 2.75) is 32.7 Å². The van der Waals surface area contributed by atoms with Crippen LogP contribution in [0.15, 0.2) is 48.5 Å². The Hall–Kier alpha value is -2.29. The Kier molecular flexibility index (Phi) is 4.99. The quantitative estimate of drug-likeness (QED) is 0.827. The number of nitrogen functional groups attached to an aromatic ring is 1. The topological polar surface area (TPSA) is 55.1 Å². The molecule has 2 rings (SSSR count). The van der Waals surface area contributed by atoms with Gasteiger partial charge < -0.3 is 11.1 Å². The van der Waals surface area contributed by atoms with Crippen LogP contribution in [0.3, 0.4) is 0 Å². The summed E-state index contributed by atoms with van der Waals surface area (Å²) in [5.41, 5.74) is 9.80. The van der Waals surface area contributed by atoms with Crippen molar-refractivity contribution in [1.82, 2.24) is 5.32 Å². The van der Waals surface area contributed by atoms with Crippen LogP contribution in [0.25, 0.3) is 0 Å². The molecule has 2 aromatic rings. The number of rotatable bonds is 5. The number of nitrogens with one attached hydrogen (secondary N) is 1. The first kappa shape index (κ1) is 15.1. The molecule has 0 saturated heterocycles. The molecule has 0 fully saturated rings. The van der Waals surface area contributed by atoms with Crippen LogP contribution in [0.2, 0.25) is 0 Å². The van der Waals surface area contributed by atoms with E-state index < -0.39 is 0 Å². The van der Waals surface area contributed by atoms with Gasteiger partial charge in [0.2, 0.25) is 5.91 Å². The molecule has 0 bridgehead atoms. The highest BCUT2D eigenvalue weighted by molar-refractivity contribution is 5.80. The summed E-state index contributed by atoms with van der Waals surface area (Å²) in [4.78, 5) is 12.1. The van der Waals surface area contributed by atoms with E-state index in [-0.39, 0.29) is 11.9 Å². The number of carbonyl (C=O) groups is 1. The first-order chi connectivity index (χ1) is 10.1. The molecule has 1 amide bonds.